The highest BCUT2D eigenvalue weighted by atomic mass is 16.5. The van der Waals surface area contributed by atoms with Crippen molar-refractivity contribution in [3.05, 3.63) is 0 Å². The Bertz CT molecular complexity index is 209. The first-order chi connectivity index (χ1) is 6.88. The van der Waals surface area contributed by atoms with Crippen LogP contribution in [-0.4, -0.2) is 31.1 Å². The fourth-order valence-electron chi connectivity index (χ4n) is 2.10. The number of piperidine rings is 1. The van der Waals surface area contributed by atoms with Crippen LogP contribution in [0.3, 0.4) is 0 Å². The minimum Gasteiger partial charge on any atom is -0.476 e. The summed E-state index contributed by atoms with van der Waals surface area (Å²) in [5.41, 5.74) is 0. The summed E-state index contributed by atoms with van der Waals surface area (Å²) in [4.78, 5) is 4.44. The second kappa shape index (κ2) is 4.78. The average molecular weight is 196 g/mol. The van der Waals surface area contributed by atoms with Gasteiger partial charge >= 0.3 is 0 Å². The van der Waals surface area contributed by atoms with Crippen molar-refractivity contribution in [2.75, 3.05) is 13.1 Å². The fourth-order valence-corrected chi connectivity index (χ4v) is 2.10. The molecule has 1 saturated heterocycles. The highest BCUT2D eigenvalue weighted by Crippen LogP contribution is 2.16. The van der Waals surface area contributed by atoms with Gasteiger partial charge < -0.3 is 10.1 Å². The Balaban J connectivity index is 1.75. The molecule has 1 N–H and O–H groups in total. The van der Waals surface area contributed by atoms with E-state index < -0.39 is 0 Å². The minimum atomic E-state index is 0.355. The number of rotatable bonds is 3. The van der Waals surface area contributed by atoms with E-state index in [9.17, 15) is 0 Å². The predicted octanol–water partition coefficient (Wildman–Crippen LogP) is 1.73. The molecule has 3 heteroatoms. The van der Waals surface area contributed by atoms with E-state index >= 15 is 0 Å². The topological polar surface area (TPSA) is 33.6 Å². The first-order valence-electron chi connectivity index (χ1n) is 5.82. The summed E-state index contributed by atoms with van der Waals surface area (Å²) in [5.74, 6) is 0.983. The molecule has 3 nitrogen and oxygen atoms in total. The highest BCUT2D eigenvalue weighted by Gasteiger charge is 2.22. The van der Waals surface area contributed by atoms with Crippen molar-refractivity contribution in [2.24, 2.45) is 4.99 Å². The van der Waals surface area contributed by atoms with Gasteiger partial charge in [0.1, 0.15) is 6.10 Å². The zero-order chi connectivity index (χ0) is 9.80. The maximum atomic E-state index is 5.72. The van der Waals surface area contributed by atoms with Gasteiger partial charge in [0.05, 0.1) is 6.54 Å². The van der Waals surface area contributed by atoms with Crippen molar-refractivity contribution in [3.63, 3.8) is 0 Å². The Hall–Kier alpha value is -0.570. The van der Waals surface area contributed by atoms with E-state index in [4.69, 9.17) is 4.74 Å². The van der Waals surface area contributed by atoms with Gasteiger partial charge in [-0.25, -0.2) is 0 Å². The van der Waals surface area contributed by atoms with Crippen LogP contribution in [0, 0.1) is 0 Å². The second-order valence-electron chi connectivity index (χ2n) is 4.23. The van der Waals surface area contributed by atoms with Gasteiger partial charge in [0.2, 0.25) is 0 Å². The first kappa shape index (κ1) is 9.97. The molecule has 0 aromatic heterocycles. The van der Waals surface area contributed by atoms with Crippen molar-refractivity contribution in [3.8, 4) is 0 Å². The number of ether oxygens (including phenoxy) is 1. The lowest BCUT2D eigenvalue weighted by Gasteiger charge is -2.23. The molecule has 2 atom stereocenters. The first-order valence-corrected chi connectivity index (χ1v) is 5.82. The maximum Gasteiger partial charge on any atom is 0.185 e. The molecule has 0 spiro atoms. The van der Waals surface area contributed by atoms with E-state index in [0.29, 0.717) is 12.1 Å². The van der Waals surface area contributed by atoms with Gasteiger partial charge in [0.15, 0.2) is 5.90 Å². The van der Waals surface area contributed by atoms with Crippen molar-refractivity contribution >= 4 is 5.90 Å². The number of hydrogen-bond acceptors (Lipinski definition) is 3. The van der Waals surface area contributed by atoms with Gasteiger partial charge in [-0.1, -0.05) is 13.3 Å². The van der Waals surface area contributed by atoms with Crippen LogP contribution in [0.4, 0.5) is 0 Å². The number of nitrogens with zero attached hydrogens (tertiary/aromatic N) is 1. The van der Waals surface area contributed by atoms with Crippen molar-refractivity contribution in [2.45, 2.75) is 51.2 Å². The normalized spacial score (nSPS) is 32.5. The van der Waals surface area contributed by atoms with Crippen LogP contribution in [0.1, 0.15) is 39.0 Å². The largest absolute Gasteiger partial charge is 0.476 e. The Morgan fingerprint density at radius 2 is 2.43 bits per heavy atom. The smallest absolute Gasteiger partial charge is 0.185 e. The molecular weight excluding hydrogens is 176 g/mol. The Morgan fingerprint density at radius 3 is 3.07 bits per heavy atom. The lowest BCUT2D eigenvalue weighted by Crippen LogP contribution is -2.35. The summed E-state index contributed by atoms with van der Waals surface area (Å²) < 4.78 is 5.72. The number of hydrogen-bond donors (Lipinski definition) is 1. The third-order valence-electron chi connectivity index (χ3n) is 3.06. The third-order valence-corrected chi connectivity index (χ3v) is 3.06. The average Bonchev–Trinajstić information content (AvgIpc) is 2.67. The van der Waals surface area contributed by atoms with Crippen molar-refractivity contribution in [1.29, 1.82) is 0 Å². The molecule has 2 aliphatic rings. The van der Waals surface area contributed by atoms with Gasteiger partial charge in [-0.3, -0.25) is 4.99 Å². The van der Waals surface area contributed by atoms with Gasteiger partial charge in [0, 0.05) is 12.5 Å². The lowest BCUT2D eigenvalue weighted by atomic mass is 10.0. The third kappa shape index (κ3) is 2.47. The molecular formula is C11H20N2O. The lowest BCUT2D eigenvalue weighted by molar-refractivity contribution is 0.210. The molecule has 1 fully saturated rings. The van der Waals surface area contributed by atoms with Crippen LogP contribution < -0.4 is 5.32 Å². The number of nitrogens with one attached hydrogen (secondary N) is 1. The molecule has 2 heterocycles. The SMILES string of the molecule is CCC1CN=C(CC2CCCCN2)O1. The standard InChI is InChI=1S/C11H20N2O/c1-2-10-8-13-11(14-10)7-9-5-3-4-6-12-9/h9-10,12H,2-8H2,1H3. The molecule has 80 valence electrons. The van der Waals surface area contributed by atoms with Crippen LogP contribution in [0.25, 0.3) is 0 Å². The Labute approximate surface area is 85.9 Å². The summed E-state index contributed by atoms with van der Waals surface area (Å²) in [5, 5.41) is 3.52. The maximum absolute atomic E-state index is 5.72. The van der Waals surface area contributed by atoms with Crippen LogP contribution >= 0.6 is 0 Å². The van der Waals surface area contributed by atoms with E-state index in [0.717, 1.165) is 31.8 Å². The van der Waals surface area contributed by atoms with E-state index in [1.54, 1.807) is 0 Å². The Kier molecular flexibility index (Phi) is 3.40. The van der Waals surface area contributed by atoms with Crippen molar-refractivity contribution in [1.82, 2.24) is 5.32 Å². The highest BCUT2D eigenvalue weighted by molar-refractivity contribution is 5.78. The molecule has 2 aliphatic heterocycles. The van der Waals surface area contributed by atoms with Gasteiger partial charge in [-0.15, -0.1) is 0 Å². The van der Waals surface area contributed by atoms with Crippen LogP contribution in [0.5, 0.6) is 0 Å². The molecule has 2 unspecified atom stereocenters. The van der Waals surface area contributed by atoms with Crippen LogP contribution in [0.15, 0.2) is 4.99 Å². The molecule has 0 aromatic carbocycles. The van der Waals surface area contributed by atoms with E-state index in [1.807, 2.05) is 0 Å². The minimum absolute atomic E-state index is 0.355. The monoisotopic (exact) mass is 196 g/mol. The molecule has 2 rings (SSSR count). The molecule has 0 bridgehead atoms. The molecule has 0 aliphatic carbocycles. The second-order valence-corrected chi connectivity index (χ2v) is 4.23. The molecule has 0 aromatic rings. The quantitative estimate of drug-likeness (QED) is 0.745. The Morgan fingerprint density at radius 1 is 1.50 bits per heavy atom. The number of aliphatic imine (C=N–C) groups is 1. The van der Waals surface area contributed by atoms with Crippen LogP contribution in [-0.2, 0) is 4.74 Å². The van der Waals surface area contributed by atoms with Gasteiger partial charge in [-0.2, -0.15) is 0 Å². The van der Waals surface area contributed by atoms with Crippen LogP contribution in [0.2, 0.25) is 0 Å². The summed E-state index contributed by atoms with van der Waals surface area (Å²) in [7, 11) is 0. The zero-order valence-corrected chi connectivity index (χ0v) is 8.96. The molecule has 0 amide bonds. The molecule has 14 heavy (non-hydrogen) atoms. The molecule has 0 saturated carbocycles. The zero-order valence-electron chi connectivity index (χ0n) is 8.96. The summed E-state index contributed by atoms with van der Waals surface area (Å²) in [6.45, 7) is 4.19. The van der Waals surface area contributed by atoms with E-state index in [2.05, 4.69) is 17.2 Å². The summed E-state index contributed by atoms with van der Waals surface area (Å²) >= 11 is 0. The van der Waals surface area contributed by atoms with Gasteiger partial charge in [0.25, 0.3) is 0 Å². The molecule has 0 radical (unpaired) electrons. The predicted molar refractivity (Wildman–Crippen MR) is 57.7 cm³/mol. The van der Waals surface area contributed by atoms with E-state index in [-0.39, 0.29) is 0 Å². The van der Waals surface area contributed by atoms with Gasteiger partial charge in [-0.05, 0) is 25.8 Å². The fraction of sp³-hybridized carbons (Fsp3) is 0.909. The summed E-state index contributed by atoms with van der Waals surface area (Å²) in [6, 6.07) is 0.609. The summed E-state index contributed by atoms with van der Waals surface area (Å²) in [6.07, 6.45) is 6.37. The van der Waals surface area contributed by atoms with Crippen molar-refractivity contribution < 1.29 is 4.74 Å². The van der Waals surface area contributed by atoms with E-state index in [1.165, 1.54) is 19.3 Å².